The van der Waals surface area contributed by atoms with E-state index in [-0.39, 0.29) is 11.7 Å². The van der Waals surface area contributed by atoms with E-state index in [2.05, 4.69) is 0 Å². The third-order valence-electron chi connectivity index (χ3n) is 3.74. The zero-order chi connectivity index (χ0) is 12.8. The quantitative estimate of drug-likeness (QED) is 0.723. The molecule has 0 bridgehead atoms. The van der Waals surface area contributed by atoms with Crippen LogP contribution in [0.15, 0.2) is 48.5 Å². The van der Waals surface area contributed by atoms with Gasteiger partial charge in [0.2, 0.25) is 6.29 Å². The Morgan fingerprint density at radius 2 is 1.79 bits per heavy atom. The predicted octanol–water partition coefficient (Wildman–Crippen LogP) is 2.90. The van der Waals surface area contributed by atoms with Crippen LogP contribution in [0.2, 0.25) is 0 Å². The summed E-state index contributed by atoms with van der Waals surface area (Å²) in [6.45, 7) is 0.493. The molecular weight excluding hydrogens is 240 g/mol. The van der Waals surface area contributed by atoms with E-state index in [0.717, 1.165) is 11.1 Å². The minimum Gasteiger partial charge on any atom is -0.463 e. The Bertz CT molecular complexity index is 663. The van der Waals surface area contributed by atoms with Gasteiger partial charge in [0.1, 0.15) is 11.7 Å². The third-order valence-corrected chi connectivity index (χ3v) is 3.74. The number of carbonyl (C=O) groups is 1. The molecule has 0 saturated heterocycles. The predicted molar refractivity (Wildman–Crippen MR) is 69.2 cm³/mol. The number of hydrogen-bond donors (Lipinski definition) is 0. The van der Waals surface area contributed by atoms with Crippen molar-refractivity contribution in [2.24, 2.45) is 0 Å². The van der Waals surface area contributed by atoms with Crippen molar-refractivity contribution >= 4 is 5.78 Å². The molecule has 0 radical (unpaired) electrons. The normalized spacial score (nSPS) is 23.9. The minimum absolute atomic E-state index is 0.0824. The number of ether oxygens (including phenoxy) is 2. The Morgan fingerprint density at radius 1 is 1.00 bits per heavy atom. The van der Waals surface area contributed by atoms with E-state index in [1.165, 1.54) is 0 Å². The molecule has 0 amide bonds. The lowest BCUT2D eigenvalue weighted by Crippen LogP contribution is -2.41. The molecule has 3 nitrogen and oxygen atoms in total. The Morgan fingerprint density at radius 3 is 2.74 bits per heavy atom. The van der Waals surface area contributed by atoms with Crippen molar-refractivity contribution in [1.29, 1.82) is 0 Å². The zero-order valence-corrected chi connectivity index (χ0v) is 10.2. The molecule has 2 aliphatic rings. The van der Waals surface area contributed by atoms with Crippen molar-refractivity contribution in [2.75, 3.05) is 0 Å². The molecule has 3 heteroatoms. The van der Waals surface area contributed by atoms with Crippen LogP contribution in [-0.4, -0.2) is 12.1 Å². The fourth-order valence-corrected chi connectivity index (χ4v) is 2.82. The highest BCUT2D eigenvalue weighted by Crippen LogP contribution is 2.40. The van der Waals surface area contributed by atoms with Gasteiger partial charge in [-0.05, 0) is 23.3 Å². The zero-order valence-electron chi connectivity index (χ0n) is 10.2. The largest absolute Gasteiger partial charge is 0.463 e. The molecule has 4 rings (SSSR count). The fraction of sp³-hybridized carbons (Fsp3) is 0.188. The van der Waals surface area contributed by atoms with Crippen LogP contribution >= 0.6 is 0 Å². The molecule has 94 valence electrons. The topological polar surface area (TPSA) is 35.5 Å². The van der Waals surface area contributed by atoms with Crippen LogP contribution in [0.3, 0.4) is 0 Å². The van der Waals surface area contributed by atoms with Crippen molar-refractivity contribution in [3.63, 3.8) is 0 Å². The summed E-state index contributed by atoms with van der Waals surface area (Å²) in [5, 5.41) is 0. The molecule has 0 saturated carbocycles. The van der Waals surface area contributed by atoms with Gasteiger partial charge in [0.05, 0.1) is 12.2 Å². The first-order chi connectivity index (χ1) is 9.34. The molecule has 2 aliphatic heterocycles. The second kappa shape index (κ2) is 3.93. The second-order valence-electron chi connectivity index (χ2n) is 4.83. The number of hydrogen-bond acceptors (Lipinski definition) is 3. The number of Topliss-reactive ketones (excluding diaryl/α,β-unsaturated/α-hetero) is 1. The van der Waals surface area contributed by atoms with Crippen LogP contribution in [0, 0.1) is 0 Å². The number of rotatable bonds is 0. The molecule has 0 fully saturated rings. The summed E-state index contributed by atoms with van der Waals surface area (Å²) < 4.78 is 11.5. The first-order valence-corrected chi connectivity index (χ1v) is 6.34. The van der Waals surface area contributed by atoms with E-state index in [1.807, 2.05) is 48.5 Å². The minimum atomic E-state index is -0.503. The molecule has 0 aromatic heterocycles. The average Bonchev–Trinajstić information content (AvgIpc) is 2.47. The summed E-state index contributed by atoms with van der Waals surface area (Å²) in [6, 6.07) is 15.3. The Labute approximate surface area is 110 Å². The van der Waals surface area contributed by atoms with Gasteiger partial charge in [-0.3, -0.25) is 4.79 Å². The van der Waals surface area contributed by atoms with Crippen LogP contribution < -0.4 is 4.74 Å². The lowest BCUT2D eigenvalue weighted by Gasteiger charge is -2.36. The van der Waals surface area contributed by atoms with E-state index < -0.39 is 6.29 Å². The Hall–Kier alpha value is -2.13. The van der Waals surface area contributed by atoms with E-state index in [1.54, 1.807) is 0 Å². The number of benzene rings is 2. The SMILES string of the molecule is O=C1c2ccccc2OC2OCc3ccccc3C12. The number of carbonyl (C=O) groups excluding carboxylic acids is 1. The monoisotopic (exact) mass is 252 g/mol. The summed E-state index contributed by atoms with van der Waals surface area (Å²) in [7, 11) is 0. The summed E-state index contributed by atoms with van der Waals surface area (Å²) in [5.41, 5.74) is 2.74. The third kappa shape index (κ3) is 1.52. The molecule has 0 N–H and O–H groups in total. The van der Waals surface area contributed by atoms with Gasteiger partial charge in [-0.1, -0.05) is 36.4 Å². The highest BCUT2D eigenvalue weighted by Gasteiger charge is 2.42. The molecule has 2 aromatic carbocycles. The average molecular weight is 252 g/mol. The van der Waals surface area contributed by atoms with Gasteiger partial charge < -0.3 is 9.47 Å². The lowest BCUT2D eigenvalue weighted by molar-refractivity contribution is -0.112. The Kier molecular flexibility index (Phi) is 2.23. The molecule has 2 atom stereocenters. The van der Waals surface area contributed by atoms with Gasteiger partial charge in [0, 0.05) is 0 Å². The van der Waals surface area contributed by atoms with Crippen LogP contribution in [-0.2, 0) is 11.3 Å². The first kappa shape index (κ1) is 10.8. The molecule has 2 unspecified atom stereocenters. The molecule has 19 heavy (non-hydrogen) atoms. The van der Waals surface area contributed by atoms with Gasteiger partial charge in [-0.2, -0.15) is 0 Å². The smallest absolute Gasteiger partial charge is 0.214 e. The van der Waals surface area contributed by atoms with Crippen molar-refractivity contribution in [3.8, 4) is 5.75 Å². The van der Waals surface area contributed by atoms with Gasteiger partial charge in [-0.25, -0.2) is 0 Å². The maximum atomic E-state index is 12.7. The van der Waals surface area contributed by atoms with Crippen LogP contribution in [0.4, 0.5) is 0 Å². The summed E-state index contributed by atoms with van der Waals surface area (Å²) >= 11 is 0. The summed E-state index contributed by atoms with van der Waals surface area (Å²) in [5.74, 6) is 0.354. The van der Waals surface area contributed by atoms with Crippen molar-refractivity contribution in [3.05, 3.63) is 65.2 Å². The van der Waals surface area contributed by atoms with E-state index >= 15 is 0 Å². The molecule has 0 spiro atoms. The lowest BCUT2D eigenvalue weighted by atomic mass is 9.84. The van der Waals surface area contributed by atoms with E-state index in [0.29, 0.717) is 17.9 Å². The van der Waals surface area contributed by atoms with Crippen LogP contribution in [0.5, 0.6) is 5.75 Å². The van der Waals surface area contributed by atoms with Crippen molar-refractivity contribution < 1.29 is 14.3 Å². The standard InChI is InChI=1S/C16H12O3/c17-15-12-7-3-4-8-13(12)19-16-14(15)11-6-2-1-5-10(11)9-18-16/h1-8,14,16H,9H2. The van der Waals surface area contributed by atoms with Gasteiger partial charge in [0.25, 0.3) is 0 Å². The molecular formula is C16H12O3. The van der Waals surface area contributed by atoms with Gasteiger partial charge in [0.15, 0.2) is 5.78 Å². The molecule has 0 aliphatic carbocycles. The highest BCUT2D eigenvalue weighted by molar-refractivity contribution is 6.04. The molecule has 2 heterocycles. The van der Waals surface area contributed by atoms with Crippen molar-refractivity contribution in [1.82, 2.24) is 0 Å². The maximum absolute atomic E-state index is 12.7. The highest BCUT2D eigenvalue weighted by atomic mass is 16.7. The van der Waals surface area contributed by atoms with Crippen LogP contribution in [0.25, 0.3) is 0 Å². The number of para-hydroxylation sites is 1. The van der Waals surface area contributed by atoms with Crippen molar-refractivity contribution in [2.45, 2.75) is 18.8 Å². The summed E-state index contributed by atoms with van der Waals surface area (Å²) in [4.78, 5) is 12.7. The van der Waals surface area contributed by atoms with Gasteiger partial charge in [-0.15, -0.1) is 0 Å². The van der Waals surface area contributed by atoms with Gasteiger partial charge >= 0.3 is 0 Å². The number of fused-ring (bicyclic) bond motifs is 4. The van der Waals surface area contributed by atoms with E-state index in [9.17, 15) is 4.79 Å². The number of ketones is 1. The second-order valence-corrected chi connectivity index (χ2v) is 4.83. The summed E-state index contributed by atoms with van der Waals surface area (Å²) in [6.07, 6.45) is -0.503. The molecule has 2 aromatic rings. The van der Waals surface area contributed by atoms with Crippen LogP contribution in [0.1, 0.15) is 27.4 Å². The maximum Gasteiger partial charge on any atom is 0.214 e. The Balaban J connectivity index is 1.87. The first-order valence-electron chi connectivity index (χ1n) is 6.34. The van der Waals surface area contributed by atoms with E-state index in [4.69, 9.17) is 9.47 Å². The fourth-order valence-electron chi connectivity index (χ4n) is 2.82.